The zero-order valence-electron chi connectivity index (χ0n) is 11.1. The highest BCUT2D eigenvalue weighted by Gasteiger charge is 2.35. The van der Waals surface area contributed by atoms with E-state index >= 15 is 0 Å². The Morgan fingerprint density at radius 1 is 1.42 bits per heavy atom. The summed E-state index contributed by atoms with van der Waals surface area (Å²) in [7, 11) is 3.03. The van der Waals surface area contributed by atoms with Crippen LogP contribution in [0.2, 0.25) is 0 Å². The van der Waals surface area contributed by atoms with Crippen LogP contribution in [-0.2, 0) is 14.3 Å². The molecule has 0 N–H and O–H groups in total. The molecule has 1 fully saturated rings. The van der Waals surface area contributed by atoms with E-state index in [9.17, 15) is 4.79 Å². The van der Waals surface area contributed by atoms with Crippen LogP contribution in [0.5, 0.6) is 5.75 Å². The third kappa shape index (κ3) is 3.04. The molecule has 1 saturated heterocycles. The lowest BCUT2D eigenvalue weighted by molar-refractivity contribution is -0.151. The fraction of sp³-hybridized carbons (Fsp3) is 0.500. The van der Waals surface area contributed by atoms with Crippen LogP contribution in [-0.4, -0.2) is 33.4 Å². The molecule has 1 aliphatic heterocycles. The summed E-state index contributed by atoms with van der Waals surface area (Å²) in [5, 5.41) is 0. The molecule has 0 radical (unpaired) electrons. The van der Waals surface area contributed by atoms with Crippen molar-refractivity contribution in [1.29, 1.82) is 0 Å². The van der Waals surface area contributed by atoms with Gasteiger partial charge in [-0.1, -0.05) is 0 Å². The molecule has 2 rings (SSSR count). The first-order chi connectivity index (χ1) is 9.17. The van der Waals surface area contributed by atoms with Crippen molar-refractivity contribution in [2.24, 2.45) is 5.92 Å². The number of benzene rings is 1. The summed E-state index contributed by atoms with van der Waals surface area (Å²) in [6.07, 6.45) is 0.771. The Kier molecular flexibility index (Phi) is 4.71. The molecule has 19 heavy (non-hydrogen) atoms. The molecule has 0 bridgehead atoms. The quantitative estimate of drug-likeness (QED) is 0.682. The van der Waals surface area contributed by atoms with Crippen LogP contribution < -0.4 is 4.74 Å². The lowest BCUT2D eigenvalue weighted by Gasteiger charge is -2.30. The molecule has 2 unspecified atom stereocenters. The third-order valence-electron chi connectivity index (χ3n) is 3.47. The predicted molar refractivity (Wildman–Crippen MR) is 73.9 cm³/mol. The molecule has 0 aliphatic carbocycles. The highest BCUT2D eigenvalue weighted by molar-refractivity contribution is 7.80. The smallest absolute Gasteiger partial charge is 0.311 e. The van der Waals surface area contributed by atoms with E-state index in [4.69, 9.17) is 14.2 Å². The topological polar surface area (TPSA) is 44.8 Å². The van der Waals surface area contributed by atoms with Crippen molar-refractivity contribution in [1.82, 2.24) is 0 Å². The van der Waals surface area contributed by atoms with Crippen molar-refractivity contribution in [3.05, 3.63) is 23.8 Å². The van der Waals surface area contributed by atoms with Gasteiger partial charge in [0.1, 0.15) is 5.75 Å². The second-order valence-electron chi connectivity index (χ2n) is 4.53. The molecule has 1 aromatic rings. The van der Waals surface area contributed by atoms with E-state index in [2.05, 4.69) is 12.6 Å². The Labute approximate surface area is 118 Å². The Morgan fingerprint density at radius 3 is 2.89 bits per heavy atom. The SMILES string of the molecule is COC(=O)C1COCCC1c1cc(S)ccc1OC. The Hall–Kier alpha value is -1.20. The number of rotatable bonds is 3. The average molecular weight is 282 g/mol. The van der Waals surface area contributed by atoms with E-state index < -0.39 is 0 Å². The van der Waals surface area contributed by atoms with E-state index in [1.54, 1.807) is 7.11 Å². The minimum absolute atomic E-state index is 0.0447. The minimum Gasteiger partial charge on any atom is -0.496 e. The second kappa shape index (κ2) is 6.30. The molecular weight excluding hydrogens is 264 g/mol. The van der Waals surface area contributed by atoms with Gasteiger partial charge in [0.2, 0.25) is 0 Å². The molecule has 4 nitrogen and oxygen atoms in total. The molecule has 0 aromatic heterocycles. The molecule has 5 heteroatoms. The van der Waals surface area contributed by atoms with Crippen LogP contribution in [0, 0.1) is 5.92 Å². The van der Waals surface area contributed by atoms with Gasteiger partial charge in [0.15, 0.2) is 0 Å². The molecule has 104 valence electrons. The van der Waals surface area contributed by atoms with Gasteiger partial charge in [-0.3, -0.25) is 4.79 Å². The Bertz CT molecular complexity index is 461. The van der Waals surface area contributed by atoms with Crippen LogP contribution in [0.15, 0.2) is 23.1 Å². The number of hydrogen-bond donors (Lipinski definition) is 1. The Morgan fingerprint density at radius 2 is 2.21 bits per heavy atom. The van der Waals surface area contributed by atoms with Crippen molar-refractivity contribution < 1.29 is 19.0 Å². The van der Waals surface area contributed by atoms with E-state index in [0.717, 1.165) is 22.6 Å². The third-order valence-corrected chi connectivity index (χ3v) is 3.75. The molecule has 1 heterocycles. The van der Waals surface area contributed by atoms with Crippen molar-refractivity contribution in [3.8, 4) is 5.75 Å². The maximum Gasteiger partial charge on any atom is 0.311 e. The summed E-state index contributed by atoms with van der Waals surface area (Å²) in [5.74, 6) is 0.293. The summed E-state index contributed by atoms with van der Waals surface area (Å²) >= 11 is 4.36. The van der Waals surface area contributed by atoms with Gasteiger partial charge in [-0.25, -0.2) is 0 Å². The van der Waals surface area contributed by atoms with E-state index in [0.29, 0.717) is 13.2 Å². The fourth-order valence-corrected chi connectivity index (χ4v) is 2.72. The molecule has 0 saturated carbocycles. The van der Waals surface area contributed by atoms with Gasteiger partial charge in [0.25, 0.3) is 0 Å². The first-order valence-electron chi connectivity index (χ1n) is 6.20. The van der Waals surface area contributed by atoms with Gasteiger partial charge in [-0.15, -0.1) is 12.6 Å². The zero-order chi connectivity index (χ0) is 13.8. The second-order valence-corrected chi connectivity index (χ2v) is 5.04. The van der Waals surface area contributed by atoms with Crippen LogP contribution in [0.1, 0.15) is 17.9 Å². The number of thiol groups is 1. The number of esters is 1. The maximum absolute atomic E-state index is 11.9. The first-order valence-corrected chi connectivity index (χ1v) is 6.64. The number of hydrogen-bond acceptors (Lipinski definition) is 5. The number of carbonyl (C=O) groups excluding carboxylic acids is 1. The molecule has 1 aliphatic rings. The molecular formula is C14H18O4S. The number of methoxy groups -OCH3 is 2. The summed E-state index contributed by atoms with van der Waals surface area (Å²) in [6.45, 7) is 1.02. The van der Waals surface area contributed by atoms with Gasteiger partial charge in [0.05, 0.1) is 26.7 Å². The maximum atomic E-state index is 11.9. The van der Waals surface area contributed by atoms with Gasteiger partial charge in [-0.05, 0) is 30.2 Å². The van der Waals surface area contributed by atoms with Crippen molar-refractivity contribution >= 4 is 18.6 Å². The highest BCUT2D eigenvalue weighted by Crippen LogP contribution is 2.38. The Balaban J connectivity index is 2.36. The monoisotopic (exact) mass is 282 g/mol. The zero-order valence-corrected chi connectivity index (χ0v) is 12.0. The number of carbonyl (C=O) groups is 1. The highest BCUT2D eigenvalue weighted by atomic mass is 32.1. The summed E-state index contributed by atoms with van der Waals surface area (Å²) < 4.78 is 15.7. The summed E-state index contributed by atoms with van der Waals surface area (Å²) in [4.78, 5) is 12.7. The van der Waals surface area contributed by atoms with Crippen LogP contribution >= 0.6 is 12.6 Å². The normalized spacial score (nSPS) is 22.9. The molecule has 0 amide bonds. The number of ether oxygens (including phenoxy) is 3. The first kappa shape index (κ1) is 14.2. The average Bonchev–Trinajstić information content (AvgIpc) is 2.46. The van der Waals surface area contributed by atoms with Crippen LogP contribution in [0.3, 0.4) is 0 Å². The van der Waals surface area contributed by atoms with E-state index in [-0.39, 0.29) is 17.8 Å². The summed E-state index contributed by atoms with van der Waals surface area (Å²) in [5.41, 5.74) is 0.994. The van der Waals surface area contributed by atoms with Crippen LogP contribution in [0.25, 0.3) is 0 Å². The lowest BCUT2D eigenvalue weighted by atomic mass is 9.82. The molecule has 2 atom stereocenters. The molecule has 1 aromatic carbocycles. The fourth-order valence-electron chi connectivity index (χ4n) is 2.51. The van der Waals surface area contributed by atoms with Crippen molar-refractivity contribution in [2.45, 2.75) is 17.2 Å². The minimum atomic E-state index is -0.289. The van der Waals surface area contributed by atoms with E-state index in [1.807, 2.05) is 18.2 Å². The standard InChI is InChI=1S/C14H18O4S/c1-16-13-4-3-9(19)7-11(13)10-5-6-18-8-12(10)14(15)17-2/h3-4,7,10,12,19H,5-6,8H2,1-2H3. The van der Waals surface area contributed by atoms with Gasteiger partial charge < -0.3 is 14.2 Å². The van der Waals surface area contributed by atoms with Gasteiger partial charge in [-0.2, -0.15) is 0 Å². The van der Waals surface area contributed by atoms with Crippen LogP contribution in [0.4, 0.5) is 0 Å². The predicted octanol–water partition coefficient (Wildman–Crippen LogP) is 2.28. The van der Waals surface area contributed by atoms with Crippen molar-refractivity contribution in [3.63, 3.8) is 0 Å². The summed E-state index contributed by atoms with van der Waals surface area (Å²) in [6, 6.07) is 5.70. The lowest BCUT2D eigenvalue weighted by Crippen LogP contribution is -2.33. The van der Waals surface area contributed by atoms with Gasteiger partial charge in [0, 0.05) is 17.4 Å². The molecule has 0 spiro atoms. The largest absolute Gasteiger partial charge is 0.496 e. The van der Waals surface area contributed by atoms with Crippen molar-refractivity contribution in [2.75, 3.05) is 27.4 Å². The van der Waals surface area contributed by atoms with E-state index in [1.165, 1.54) is 7.11 Å². The van der Waals surface area contributed by atoms with Gasteiger partial charge >= 0.3 is 5.97 Å².